The van der Waals surface area contributed by atoms with Crippen LogP contribution in [0.1, 0.15) is 18.9 Å². The van der Waals surface area contributed by atoms with Crippen LogP contribution < -0.4 is 5.73 Å². The molecule has 2 N–H and O–H groups in total. The molecule has 1 aliphatic rings. The molecule has 1 aliphatic heterocycles. The third-order valence-corrected chi connectivity index (χ3v) is 3.32. The van der Waals surface area contributed by atoms with Gasteiger partial charge in [0.15, 0.2) is 0 Å². The van der Waals surface area contributed by atoms with Crippen molar-refractivity contribution in [1.82, 2.24) is 4.90 Å². The minimum atomic E-state index is 0.0128. The zero-order valence-corrected chi connectivity index (χ0v) is 10.9. The highest BCUT2D eigenvalue weighted by atomic mass is 16.5. The van der Waals surface area contributed by atoms with Gasteiger partial charge in [-0.2, -0.15) is 0 Å². The van der Waals surface area contributed by atoms with Gasteiger partial charge >= 0.3 is 0 Å². The number of nitrogens with two attached hydrogens (primary N) is 1. The van der Waals surface area contributed by atoms with Gasteiger partial charge in [-0.3, -0.25) is 4.79 Å². The lowest BCUT2D eigenvalue weighted by Crippen LogP contribution is -2.32. The number of nitrogen functional groups attached to an aromatic ring is 1. The van der Waals surface area contributed by atoms with Gasteiger partial charge < -0.3 is 15.4 Å². The lowest BCUT2D eigenvalue weighted by molar-refractivity contribution is -0.134. The molecule has 0 bridgehead atoms. The van der Waals surface area contributed by atoms with Crippen molar-refractivity contribution in [2.24, 2.45) is 5.92 Å². The SMILES string of the molecule is CC1CC(C(=O)N(C)Cc2ccc(N)cc2)CO1. The highest BCUT2D eigenvalue weighted by molar-refractivity contribution is 5.79. The van der Waals surface area contributed by atoms with Crippen LogP contribution in [0, 0.1) is 5.92 Å². The molecular formula is C14H20N2O2. The highest BCUT2D eigenvalue weighted by Crippen LogP contribution is 2.21. The number of carbonyl (C=O) groups excluding carboxylic acids is 1. The van der Waals surface area contributed by atoms with Gasteiger partial charge in [-0.25, -0.2) is 0 Å². The standard InChI is InChI=1S/C14H20N2O2/c1-10-7-12(9-18-10)14(17)16(2)8-11-3-5-13(15)6-4-11/h3-6,10,12H,7-9,15H2,1-2H3. The van der Waals surface area contributed by atoms with Crippen LogP contribution in [0.3, 0.4) is 0 Å². The molecular weight excluding hydrogens is 228 g/mol. The number of hydrogen-bond donors (Lipinski definition) is 1. The minimum Gasteiger partial charge on any atom is -0.399 e. The van der Waals surface area contributed by atoms with Gasteiger partial charge in [-0.05, 0) is 31.0 Å². The van der Waals surface area contributed by atoms with Gasteiger partial charge in [0.1, 0.15) is 0 Å². The molecule has 1 aromatic rings. The van der Waals surface area contributed by atoms with Crippen molar-refractivity contribution >= 4 is 11.6 Å². The number of carbonyl (C=O) groups is 1. The number of benzene rings is 1. The van der Waals surface area contributed by atoms with E-state index in [0.29, 0.717) is 13.2 Å². The van der Waals surface area contributed by atoms with Crippen LogP contribution in [0.2, 0.25) is 0 Å². The Morgan fingerprint density at radius 3 is 2.67 bits per heavy atom. The second-order valence-electron chi connectivity index (χ2n) is 5.01. The summed E-state index contributed by atoms with van der Waals surface area (Å²) in [5, 5.41) is 0. The van der Waals surface area contributed by atoms with Crippen LogP contribution in [-0.2, 0) is 16.1 Å². The van der Waals surface area contributed by atoms with E-state index in [1.54, 1.807) is 4.90 Å². The summed E-state index contributed by atoms with van der Waals surface area (Å²) in [4.78, 5) is 13.9. The molecule has 2 atom stereocenters. The summed E-state index contributed by atoms with van der Waals surface area (Å²) in [6.45, 7) is 3.17. The monoisotopic (exact) mass is 248 g/mol. The smallest absolute Gasteiger partial charge is 0.228 e. The highest BCUT2D eigenvalue weighted by Gasteiger charge is 2.30. The number of amides is 1. The van der Waals surface area contributed by atoms with E-state index in [1.807, 2.05) is 38.2 Å². The van der Waals surface area contributed by atoms with Crippen molar-refractivity contribution in [3.05, 3.63) is 29.8 Å². The lowest BCUT2D eigenvalue weighted by Gasteiger charge is -2.20. The van der Waals surface area contributed by atoms with Crippen LogP contribution in [0.4, 0.5) is 5.69 Å². The topological polar surface area (TPSA) is 55.6 Å². The molecule has 18 heavy (non-hydrogen) atoms. The molecule has 0 saturated carbocycles. The summed E-state index contributed by atoms with van der Waals surface area (Å²) in [5.74, 6) is 0.176. The molecule has 1 amide bonds. The van der Waals surface area contributed by atoms with Crippen molar-refractivity contribution in [2.45, 2.75) is 26.0 Å². The van der Waals surface area contributed by atoms with Gasteiger partial charge in [-0.15, -0.1) is 0 Å². The predicted octanol–water partition coefficient (Wildman–Crippen LogP) is 1.65. The number of ether oxygens (including phenoxy) is 1. The minimum absolute atomic E-state index is 0.0128. The fraction of sp³-hybridized carbons (Fsp3) is 0.500. The average Bonchev–Trinajstić information content (AvgIpc) is 2.78. The maximum Gasteiger partial charge on any atom is 0.228 e. The Hall–Kier alpha value is -1.55. The summed E-state index contributed by atoms with van der Waals surface area (Å²) < 4.78 is 5.44. The maximum absolute atomic E-state index is 12.2. The summed E-state index contributed by atoms with van der Waals surface area (Å²) >= 11 is 0. The quantitative estimate of drug-likeness (QED) is 0.828. The summed E-state index contributed by atoms with van der Waals surface area (Å²) in [5.41, 5.74) is 7.47. The maximum atomic E-state index is 12.2. The van der Waals surface area contributed by atoms with E-state index in [9.17, 15) is 4.79 Å². The van der Waals surface area contributed by atoms with Crippen LogP contribution in [-0.4, -0.2) is 30.6 Å². The summed E-state index contributed by atoms with van der Waals surface area (Å²) in [6.07, 6.45) is 1.02. The molecule has 0 aromatic heterocycles. The van der Waals surface area contributed by atoms with E-state index in [1.165, 1.54) is 0 Å². The molecule has 1 heterocycles. The first kappa shape index (κ1) is 12.9. The second-order valence-corrected chi connectivity index (χ2v) is 5.01. The van der Waals surface area contributed by atoms with E-state index in [4.69, 9.17) is 10.5 Å². The zero-order chi connectivity index (χ0) is 13.1. The Balaban J connectivity index is 1.93. The van der Waals surface area contributed by atoms with Gasteiger partial charge in [0.25, 0.3) is 0 Å². The third kappa shape index (κ3) is 3.01. The molecule has 4 nitrogen and oxygen atoms in total. The van der Waals surface area contributed by atoms with E-state index in [0.717, 1.165) is 17.7 Å². The van der Waals surface area contributed by atoms with Crippen LogP contribution >= 0.6 is 0 Å². The van der Waals surface area contributed by atoms with E-state index in [-0.39, 0.29) is 17.9 Å². The summed E-state index contributed by atoms with van der Waals surface area (Å²) in [7, 11) is 1.83. The van der Waals surface area contributed by atoms with Crippen molar-refractivity contribution in [3.8, 4) is 0 Å². The van der Waals surface area contributed by atoms with Crippen molar-refractivity contribution in [3.63, 3.8) is 0 Å². The Labute approximate surface area is 108 Å². The van der Waals surface area contributed by atoms with Crippen LogP contribution in [0.15, 0.2) is 24.3 Å². The second kappa shape index (κ2) is 5.40. The first-order valence-electron chi connectivity index (χ1n) is 6.27. The van der Waals surface area contributed by atoms with E-state index in [2.05, 4.69) is 0 Å². The van der Waals surface area contributed by atoms with Crippen molar-refractivity contribution in [1.29, 1.82) is 0 Å². The van der Waals surface area contributed by atoms with Crippen molar-refractivity contribution < 1.29 is 9.53 Å². The first-order valence-corrected chi connectivity index (χ1v) is 6.27. The number of rotatable bonds is 3. The molecule has 0 radical (unpaired) electrons. The molecule has 1 aromatic carbocycles. The molecule has 2 unspecified atom stereocenters. The Bertz CT molecular complexity index is 416. The normalized spacial score (nSPS) is 23.0. The number of hydrogen-bond acceptors (Lipinski definition) is 3. The fourth-order valence-corrected chi connectivity index (χ4v) is 2.28. The van der Waals surface area contributed by atoms with Gasteiger partial charge in [0.2, 0.25) is 5.91 Å². The van der Waals surface area contributed by atoms with Crippen LogP contribution in [0.25, 0.3) is 0 Å². The Morgan fingerprint density at radius 1 is 1.44 bits per heavy atom. The summed E-state index contributed by atoms with van der Waals surface area (Å²) in [6, 6.07) is 7.61. The van der Waals surface area contributed by atoms with Gasteiger partial charge in [-0.1, -0.05) is 12.1 Å². The molecule has 98 valence electrons. The van der Waals surface area contributed by atoms with E-state index >= 15 is 0 Å². The Kier molecular flexibility index (Phi) is 3.87. The fourth-order valence-electron chi connectivity index (χ4n) is 2.28. The molecule has 1 fully saturated rings. The third-order valence-electron chi connectivity index (χ3n) is 3.32. The zero-order valence-electron chi connectivity index (χ0n) is 10.9. The molecule has 0 spiro atoms. The Morgan fingerprint density at radius 2 is 2.11 bits per heavy atom. The molecule has 2 rings (SSSR count). The van der Waals surface area contributed by atoms with Gasteiger partial charge in [0, 0.05) is 19.3 Å². The predicted molar refractivity (Wildman–Crippen MR) is 70.8 cm³/mol. The molecule has 1 saturated heterocycles. The lowest BCUT2D eigenvalue weighted by atomic mass is 10.0. The number of anilines is 1. The van der Waals surface area contributed by atoms with Crippen LogP contribution in [0.5, 0.6) is 0 Å². The average molecular weight is 248 g/mol. The molecule has 0 aliphatic carbocycles. The largest absolute Gasteiger partial charge is 0.399 e. The first-order chi connectivity index (χ1) is 8.56. The van der Waals surface area contributed by atoms with Crippen molar-refractivity contribution in [2.75, 3.05) is 19.4 Å². The number of nitrogens with zero attached hydrogens (tertiary/aromatic N) is 1. The van der Waals surface area contributed by atoms with E-state index < -0.39 is 0 Å². The van der Waals surface area contributed by atoms with Gasteiger partial charge in [0.05, 0.1) is 18.6 Å². The molecule has 4 heteroatoms.